The molecule has 0 aliphatic carbocycles. The molecule has 0 aliphatic heterocycles. The molecule has 0 unspecified atom stereocenters. The Hall–Kier alpha value is -2.07. The van der Waals surface area contributed by atoms with Gasteiger partial charge in [0.1, 0.15) is 5.75 Å². The first kappa shape index (κ1) is 14.3. The van der Waals surface area contributed by atoms with E-state index < -0.39 is 4.92 Å². The summed E-state index contributed by atoms with van der Waals surface area (Å²) in [6, 6.07) is 10.5. The molecule has 0 spiro atoms. The highest BCUT2D eigenvalue weighted by molar-refractivity contribution is 6.17. The summed E-state index contributed by atoms with van der Waals surface area (Å²) in [6.07, 6.45) is 0. The minimum Gasteiger partial charge on any atom is -0.450 e. The molecule has 0 amide bonds. The zero-order chi connectivity index (χ0) is 14.7. The average molecular weight is 292 g/mol. The Morgan fingerprint density at radius 1 is 1.20 bits per heavy atom. The van der Waals surface area contributed by atoms with Crippen molar-refractivity contribution in [2.45, 2.75) is 19.7 Å². The van der Waals surface area contributed by atoms with Crippen LogP contribution in [0.15, 0.2) is 36.4 Å². The van der Waals surface area contributed by atoms with Gasteiger partial charge in [0.25, 0.3) is 0 Å². The normalized spacial score (nSPS) is 10.3. The number of nitro groups is 1. The lowest BCUT2D eigenvalue weighted by atomic mass is 10.1. The fourth-order valence-electron chi connectivity index (χ4n) is 1.96. The molecule has 2 aromatic rings. The summed E-state index contributed by atoms with van der Waals surface area (Å²) in [5, 5.41) is 11.1. The van der Waals surface area contributed by atoms with E-state index in [1.165, 1.54) is 0 Å². The molecule has 0 aromatic heterocycles. The summed E-state index contributed by atoms with van der Waals surface area (Å²) >= 11 is 5.80. The van der Waals surface area contributed by atoms with Crippen LogP contribution in [0.1, 0.15) is 16.7 Å². The van der Waals surface area contributed by atoms with E-state index >= 15 is 0 Å². The number of alkyl halides is 1. The lowest BCUT2D eigenvalue weighted by molar-refractivity contribution is -0.386. The first-order valence-corrected chi connectivity index (χ1v) is 6.63. The average Bonchev–Trinajstić information content (AvgIpc) is 2.38. The highest BCUT2D eigenvalue weighted by Crippen LogP contribution is 2.34. The van der Waals surface area contributed by atoms with Crippen LogP contribution in [-0.4, -0.2) is 4.92 Å². The zero-order valence-electron chi connectivity index (χ0n) is 11.2. The molecule has 2 rings (SSSR count). The fraction of sp³-hybridized carbons (Fsp3) is 0.200. The Morgan fingerprint density at radius 2 is 1.95 bits per heavy atom. The minimum atomic E-state index is -0.426. The molecule has 20 heavy (non-hydrogen) atoms. The van der Waals surface area contributed by atoms with E-state index in [1.807, 2.05) is 19.1 Å². The van der Waals surface area contributed by atoms with Crippen molar-refractivity contribution >= 4 is 17.3 Å². The van der Waals surface area contributed by atoms with Gasteiger partial charge in [-0.2, -0.15) is 0 Å². The second-order valence-corrected chi connectivity index (χ2v) is 4.77. The van der Waals surface area contributed by atoms with Crippen LogP contribution >= 0.6 is 11.6 Å². The lowest BCUT2D eigenvalue weighted by Crippen LogP contribution is -1.96. The monoisotopic (exact) mass is 291 g/mol. The zero-order valence-corrected chi connectivity index (χ0v) is 12.0. The van der Waals surface area contributed by atoms with Crippen molar-refractivity contribution in [3.63, 3.8) is 0 Å². The van der Waals surface area contributed by atoms with E-state index in [1.54, 1.807) is 31.2 Å². The number of hydrogen-bond acceptors (Lipinski definition) is 3. The van der Waals surface area contributed by atoms with Gasteiger partial charge < -0.3 is 4.74 Å². The first-order chi connectivity index (χ1) is 9.52. The minimum absolute atomic E-state index is 0.00780. The molecule has 5 heteroatoms. The number of para-hydroxylation sites is 1. The van der Waals surface area contributed by atoms with Crippen molar-refractivity contribution in [3.05, 3.63) is 63.2 Å². The van der Waals surface area contributed by atoms with Gasteiger partial charge in [0.05, 0.1) is 4.92 Å². The van der Waals surface area contributed by atoms with Crippen LogP contribution in [-0.2, 0) is 5.88 Å². The molecule has 0 saturated heterocycles. The Morgan fingerprint density at radius 3 is 2.55 bits per heavy atom. The molecule has 0 atom stereocenters. The van der Waals surface area contributed by atoms with Crippen molar-refractivity contribution < 1.29 is 9.66 Å². The third-order valence-electron chi connectivity index (χ3n) is 3.07. The Balaban J connectivity index is 2.38. The van der Waals surface area contributed by atoms with E-state index in [-0.39, 0.29) is 11.4 Å². The Bertz CT molecular complexity index is 656. The Kier molecular flexibility index (Phi) is 4.25. The van der Waals surface area contributed by atoms with E-state index in [0.29, 0.717) is 17.2 Å². The third-order valence-corrected chi connectivity index (χ3v) is 3.36. The van der Waals surface area contributed by atoms with Gasteiger partial charge in [0.15, 0.2) is 0 Å². The number of hydrogen-bond donors (Lipinski definition) is 0. The number of halogens is 1. The predicted octanol–water partition coefficient (Wildman–Crippen LogP) is 4.74. The maximum absolute atomic E-state index is 11.1. The quantitative estimate of drug-likeness (QED) is 0.464. The number of ether oxygens (including phenoxy) is 1. The number of rotatable bonds is 4. The SMILES string of the molecule is Cc1cc(Oc2cccc(C)c2[N+](=O)[O-])ccc1CCl. The second-order valence-electron chi connectivity index (χ2n) is 4.50. The molecule has 0 radical (unpaired) electrons. The lowest BCUT2D eigenvalue weighted by Gasteiger charge is -2.09. The maximum atomic E-state index is 11.1. The smallest absolute Gasteiger partial charge is 0.314 e. The van der Waals surface area contributed by atoms with Crippen LogP contribution < -0.4 is 4.74 Å². The molecule has 0 bridgehead atoms. The molecular weight excluding hydrogens is 278 g/mol. The Labute approximate surface area is 122 Å². The van der Waals surface area contributed by atoms with Crippen molar-refractivity contribution in [3.8, 4) is 11.5 Å². The van der Waals surface area contributed by atoms with E-state index in [4.69, 9.17) is 16.3 Å². The fourth-order valence-corrected chi connectivity index (χ4v) is 2.26. The molecule has 104 valence electrons. The van der Waals surface area contributed by atoms with Crippen LogP contribution in [0.5, 0.6) is 11.5 Å². The third kappa shape index (κ3) is 2.91. The van der Waals surface area contributed by atoms with Gasteiger partial charge in [-0.05, 0) is 43.2 Å². The van der Waals surface area contributed by atoms with Crippen LogP contribution in [0.2, 0.25) is 0 Å². The summed E-state index contributed by atoms with van der Waals surface area (Å²) in [4.78, 5) is 10.7. The summed E-state index contributed by atoms with van der Waals surface area (Å²) < 4.78 is 5.65. The highest BCUT2D eigenvalue weighted by Gasteiger charge is 2.18. The number of nitro benzene ring substituents is 1. The van der Waals surface area contributed by atoms with Gasteiger partial charge in [-0.1, -0.05) is 18.2 Å². The molecule has 0 heterocycles. The van der Waals surface area contributed by atoms with Gasteiger partial charge in [-0.25, -0.2) is 0 Å². The van der Waals surface area contributed by atoms with Gasteiger partial charge in [0.2, 0.25) is 5.75 Å². The largest absolute Gasteiger partial charge is 0.450 e. The number of benzene rings is 2. The molecule has 0 saturated carbocycles. The molecule has 0 fully saturated rings. The topological polar surface area (TPSA) is 52.4 Å². The molecule has 0 N–H and O–H groups in total. The number of nitrogens with zero attached hydrogens (tertiary/aromatic N) is 1. The van der Waals surface area contributed by atoms with Crippen molar-refractivity contribution in [1.82, 2.24) is 0 Å². The molecule has 4 nitrogen and oxygen atoms in total. The van der Waals surface area contributed by atoms with E-state index in [9.17, 15) is 10.1 Å². The van der Waals surface area contributed by atoms with Crippen LogP contribution in [0.25, 0.3) is 0 Å². The van der Waals surface area contributed by atoms with Crippen LogP contribution in [0, 0.1) is 24.0 Å². The standard InChI is InChI=1S/C15H14ClNO3/c1-10-4-3-5-14(15(10)17(18)19)20-13-7-6-12(9-16)11(2)8-13/h3-8H,9H2,1-2H3. The van der Waals surface area contributed by atoms with Gasteiger partial charge >= 0.3 is 5.69 Å². The summed E-state index contributed by atoms with van der Waals surface area (Å²) in [7, 11) is 0. The summed E-state index contributed by atoms with van der Waals surface area (Å²) in [5.74, 6) is 1.23. The first-order valence-electron chi connectivity index (χ1n) is 6.10. The van der Waals surface area contributed by atoms with Gasteiger partial charge in [-0.15, -0.1) is 11.6 Å². The van der Waals surface area contributed by atoms with Crippen LogP contribution in [0.4, 0.5) is 5.69 Å². The van der Waals surface area contributed by atoms with Gasteiger partial charge in [0, 0.05) is 11.4 Å². The number of aryl methyl sites for hydroxylation is 2. The molecule has 0 aliphatic rings. The van der Waals surface area contributed by atoms with E-state index in [2.05, 4.69) is 0 Å². The van der Waals surface area contributed by atoms with Gasteiger partial charge in [-0.3, -0.25) is 10.1 Å². The second kappa shape index (κ2) is 5.92. The summed E-state index contributed by atoms with van der Waals surface area (Å²) in [6.45, 7) is 3.61. The highest BCUT2D eigenvalue weighted by atomic mass is 35.5. The maximum Gasteiger partial charge on any atom is 0.314 e. The van der Waals surface area contributed by atoms with Crippen molar-refractivity contribution in [2.75, 3.05) is 0 Å². The van der Waals surface area contributed by atoms with Crippen molar-refractivity contribution in [1.29, 1.82) is 0 Å². The summed E-state index contributed by atoms with van der Waals surface area (Å²) in [5.41, 5.74) is 2.57. The molecule has 2 aromatic carbocycles. The van der Waals surface area contributed by atoms with E-state index in [0.717, 1.165) is 11.1 Å². The van der Waals surface area contributed by atoms with Crippen LogP contribution in [0.3, 0.4) is 0 Å². The molecular formula is C15H14ClNO3. The van der Waals surface area contributed by atoms with Crippen molar-refractivity contribution in [2.24, 2.45) is 0 Å². The predicted molar refractivity (Wildman–Crippen MR) is 78.6 cm³/mol.